The number of fused-ring (bicyclic) bond motifs is 2. The lowest BCUT2D eigenvalue weighted by atomic mass is 10.3. The molecule has 2 aromatic carbocycles. The molecule has 8 unspecified atom stereocenters. The summed E-state index contributed by atoms with van der Waals surface area (Å²) in [7, 11) is -1.34. The molecule has 4 aromatic rings. The molecule has 0 aliphatic heterocycles. The Balaban J connectivity index is 1.73. The Morgan fingerprint density at radius 2 is 0.754 bits per heavy atom. The quantitative estimate of drug-likeness (QED) is 0.0310. The Morgan fingerprint density at radius 3 is 1.02 bits per heavy atom. The Morgan fingerprint density at radius 1 is 0.474 bits per heavy atom. The Kier molecular flexibility index (Phi) is 20.9. The fourth-order valence-corrected chi connectivity index (χ4v) is 22.2. The van der Waals surface area contributed by atoms with Gasteiger partial charge in [-0.15, -0.1) is 22.7 Å². The van der Waals surface area contributed by atoms with Crippen LogP contribution in [0.25, 0.3) is 20.4 Å². The summed E-state index contributed by atoms with van der Waals surface area (Å²) < 4.78 is 44.9. The molecule has 0 spiro atoms. The standard InChI is InChI=1S/C42H68N2O6S5Si2/c1-13-29(7)45-56(46-30(8)14-2,47-31(9)15-3)39(41-43-35-23-19-21-25-37(35)53-41)27-51-55-52-28-40(42-44-36-24-20-22-26-38(36)54-42)57(48-32(10)16-4,49-33(11)17-5)50-34(12)18-6/h19-26,29-34,39-40H,13-18,27-28H2,1-12H3. The molecule has 320 valence electrons. The number of hydrogen-bond acceptors (Lipinski definition) is 13. The summed E-state index contributed by atoms with van der Waals surface area (Å²) in [4.78, 5) is 10.5. The summed E-state index contributed by atoms with van der Waals surface area (Å²) in [5.74, 6) is 1.44. The lowest BCUT2D eigenvalue weighted by Gasteiger charge is -2.40. The van der Waals surface area contributed by atoms with Crippen molar-refractivity contribution < 1.29 is 26.6 Å². The van der Waals surface area contributed by atoms with E-state index < -0.39 is 17.6 Å². The minimum absolute atomic E-state index is 0.0251. The Bertz CT molecular complexity index is 1500. The second-order valence-corrected chi connectivity index (χ2v) is 26.7. The van der Waals surface area contributed by atoms with E-state index in [1.165, 1.54) is 0 Å². The van der Waals surface area contributed by atoms with Crippen LogP contribution in [-0.2, 0) is 26.6 Å². The minimum Gasteiger partial charge on any atom is -0.370 e. The third kappa shape index (κ3) is 13.7. The second-order valence-electron chi connectivity index (χ2n) is 15.0. The molecule has 57 heavy (non-hydrogen) atoms. The average Bonchev–Trinajstić information content (AvgIpc) is 3.84. The number of thiazole rings is 2. The molecule has 15 heteroatoms. The highest BCUT2D eigenvalue weighted by atomic mass is 33.5. The Labute approximate surface area is 365 Å². The number of hydrogen-bond donors (Lipinski definition) is 0. The summed E-state index contributed by atoms with van der Waals surface area (Å²) in [5, 5.41) is 2.03. The van der Waals surface area contributed by atoms with Crippen LogP contribution in [0.15, 0.2) is 48.5 Å². The van der Waals surface area contributed by atoms with Gasteiger partial charge in [-0.2, -0.15) is 0 Å². The van der Waals surface area contributed by atoms with Gasteiger partial charge in [-0.1, -0.05) is 87.4 Å². The molecule has 0 saturated carbocycles. The van der Waals surface area contributed by atoms with Gasteiger partial charge >= 0.3 is 17.6 Å². The maximum Gasteiger partial charge on any atom is 0.512 e. The summed E-state index contributed by atoms with van der Waals surface area (Å²) in [6.07, 6.45) is 5.03. The first-order valence-corrected chi connectivity index (χ1v) is 30.1. The van der Waals surface area contributed by atoms with E-state index in [-0.39, 0.29) is 47.7 Å². The maximum atomic E-state index is 7.09. The average molecular weight is 914 g/mol. The zero-order valence-corrected chi connectivity index (χ0v) is 42.4. The highest BCUT2D eigenvalue weighted by molar-refractivity contribution is 9.09. The Hall–Kier alpha value is -0.536. The van der Waals surface area contributed by atoms with Gasteiger partial charge in [0, 0.05) is 48.1 Å². The SMILES string of the molecule is CCC(C)O[Si](OC(C)CC)(OC(C)CC)C(CSSSCC(c1nc2ccccc2s1)[Si](OC(C)CC)(OC(C)CC)OC(C)CC)c1nc2ccccc2s1. The van der Waals surface area contributed by atoms with E-state index in [9.17, 15) is 0 Å². The fraction of sp³-hybridized carbons (Fsp3) is 0.667. The number of benzene rings is 2. The van der Waals surface area contributed by atoms with E-state index in [2.05, 4.69) is 132 Å². The van der Waals surface area contributed by atoms with Gasteiger partial charge in [0.25, 0.3) is 0 Å². The summed E-state index contributed by atoms with van der Waals surface area (Å²) in [5.41, 5.74) is 1.68. The van der Waals surface area contributed by atoms with Gasteiger partial charge in [0.2, 0.25) is 0 Å². The van der Waals surface area contributed by atoms with Gasteiger partial charge in [0.1, 0.15) is 10.0 Å². The van der Waals surface area contributed by atoms with Gasteiger partial charge in [-0.25, -0.2) is 9.97 Å². The zero-order valence-electron chi connectivity index (χ0n) is 36.3. The van der Waals surface area contributed by atoms with Crippen molar-refractivity contribution in [1.82, 2.24) is 9.97 Å². The molecular weight excluding hydrogens is 845 g/mol. The number of nitrogens with zero attached hydrogens (tertiary/aromatic N) is 2. The van der Waals surface area contributed by atoms with E-state index in [1.54, 1.807) is 32.5 Å². The fourth-order valence-electron chi connectivity index (χ4n) is 5.79. The van der Waals surface area contributed by atoms with E-state index in [0.717, 1.165) is 80.5 Å². The normalized spacial score (nSPS) is 18.7. The maximum absolute atomic E-state index is 7.09. The molecule has 8 atom stereocenters. The van der Waals surface area contributed by atoms with Crippen molar-refractivity contribution in [2.24, 2.45) is 0 Å². The largest absolute Gasteiger partial charge is 0.512 e. The van der Waals surface area contributed by atoms with Gasteiger partial charge < -0.3 is 26.6 Å². The molecule has 0 N–H and O–H groups in total. The van der Waals surface area contributed by atoms with Gasteiger partial charge in [0.15, 0.2) is 0 Å². The van der Waals surface area contributed by atoms with Crippen LogP contribution in [0.5, 0.6) is 0 Å². The van der Waals surface area contributed by atoms with Crippen molar-refractivity contribution in [1.29, 1.82) is 0 Å². The molecule has 0 bridgehead atoms. The van der Waals surface area contributed by atoms with Crippen LogP contribution >= 0.6 is 54.1 Å². The number of para-hydroxylation sites is 2. The summed E-state index contributed by atoms with van der Waals surface area (Å²) in [6.45, 7) is 25.8. The van der Waals surface area contributed by atoms with Crippen LogP contribution in [0.2, 0.25) is 0 Å². The molecule has 0 aliphatic carbocycles. The van der Waals surface area contributed by atoms with Gasteiger partial charge in [0.05, 0.1) is 31.5 Å². The van der Waals surface area contributed by atoms with Crippen molar-refractivity contribution in [3.05, 3.63) is 58.5 Å². The molecule has 0 amide bonds. The van der Waals surface area contributed by atoms with Crippen LogP contribution in [0.4, 0.5) is 0 Å². The monoisotopic (exact) mass is 912 g/mol. The highest BCUT2D eigenvalue weighted by Crippen LogP contribution is 2.48. The van der Waals surface area contributed by atoms with Crippen molar-refractivity contribution >= 4 is 92.1 Å². The number of rotatable bonds is 28. The summed E-state index contributed by atoms with van der Waals surface area (Å²) >= 11 is 3.47. The molecule has 4 rings (SSSR count). The molecule has 0 aliphatic rings. The third-order valence-electron chi connectivity index (χ3n) is 10.3. The van der Waals surface area contributed by atoms with E-state index in [0.29, 0.717) is 0 Å². The smallest absolute Gasteiger partial charge is 0.370 e. The first kappa shape index (κ1) is 49.1. The second kappa shape index (κ2) is 24.2. The van der Waals surface area contributed by atoms with Crippen LogP contribution in [0.1, 0.15) is 143 Å². The predicted octanol–water partition coefficient (Wildman–Crippen LogP) is 13.6. The molecule has 2 aromatic heterocycles. The van der Waals surface area contributed by atoms with Crippen LogP contribution in [0.3, 0.4) is 0 Å². The van der Waals surface area contributed by atoms with Crippen molar-refractivity contribution in [3.8, 4) is 0 Å². The predicted molar refractivity (Wildman–Crippen MR) is 254 cm³/mol. The number of aromatic nitrogens is 2. The van der Waals surface area contributed by atoms with Crippen LogP contribution < -0.4 is 0 Å². The summed E-state index contributed by atoms with van der Waals surface area (Å²) in [6, 6.07) is 16.8. The van der Waals surface area contributed by atoms with Gasteiger partial charge in [-0.3, -0.25) is 0 Å². The molecule has 0 radical (unpaired) electrons. The van der Waals surface area contributed by atoms with Crippen LogP contribution in [-0.4, -0.2) is 75.7 Å². The minimum atomic E-state index is -3.39. The molecule has 2 heterocycles. The topological polar surface area (TPSA) is 81.2 Å². The lowest BCUT2D eigenvalue weighted by Crippen LogP contribution is -2.57. The molecule has 0 fully saturated rings. The molecular formula is C42H68N2O6S5Si2. The molecule has 8 nitrogen and oxygen atoms in total. The van der Waals surface area contributed by atoms with Crippen molar-refractivity contribution in [2.45, 2.75) is 169 Å². The van der Waals surface area contributed by atoms with Gasteiger partial charge in [-0.05, 0) is 114 Å². The molecule has 0 saturated heterocycles. The first-order chi connectivity index (χ1) is 27.4. The highest BCUT2D eigenvalue weighted by Gasteiger charge is 2.56. The van der Waals surface area contributed by atoms with Crippen molar-refractivity contribution in [3.63, 3.8) is 0 Å². The van der Waals surface area contributed by atoms with E-state index in [1.807, 2.05) is 21.6 Å². The lowest BCUT2D eigenvalue weighted by molar-refractivity contribution is -0.0174. The van der Waals surface area contributed by atoms with E-state index >= 15 is 0 Å². The van der Waals surface area contributed by atoms with Crippen LogP contribution in [0, 0.1) is 0 Å². The third-order valence-corrected chi connectivity index (χ3v) is 24.9. The van der Waals surface area contributed by atoms with Crippen molar-refractivity contribution in [2.75, 3.05) is 11.5 Å². The first-order valence-electron chi connectivity index (χ1n) is 21.0. The zero-order chi connectivity index (χ0) is 41.6. The van der Waals surface area contributed by atoms with E-state index in [4.69, 9.17) is 36.5 Å².